The molecule has 2 rings (SSSR count). The quantitative estimate of drug-likeness (QED) is 0.458. The highest BCUT2D eigenvalue weighted by atomic mass is 32.2. The highest BCUT2D eigenvalue weighted by molar-refractivity contribution is 7.91. The number of hydrogen-bond acceptors (Lipinski definition) is 7. The maximum atomic E-state index is 13.1. The minimum Gasteiger partial charge on any atom is -0.383 e. The molecule has 0 aliphatic heterocycles. The van der Waals surface area contributed by atoms with Crippen LogP contribution in [0.3, 0.4) is 0 Å². The number of carbonyl (C=O) groups excluding carboxylic acids is 1. The molecule has 0 unspecified atom stereocenters. The molecule has 0 spiro atoms. The average Bonchev–Trinajstić information content (AvgIpc) is 3.28. The van der Waals surface area contributed by atoms with Gasteiger partial charge in [-0.3, -0.25) is 19.1 Å². The Kier molecular flexibility index (Phi) is 9.44. The van der Waals surface area contributed by atoms with Gasteiger partial charge in [0.05, 0.1) is 0 Å². The zero-order valence-corrected chi connectivity index (χ0v) is 21.2. The van der Waals surface area contributed by atoms with Crippen LogP contribution >= 0.6 is 11.3 Å². The minimum absolute atomic E-state index is 0.0240. The van der Waals surface area contributed by atoms with Crippen LogP contribution in [0.2, 0.25) is 0 Å². The number of aromatic nitrogens is 2. The summed E-state index contributed by atoms with van der Waals surface area (Å²) in [6.45, 7) is 6.50. The predicted octanol–water partition coefficient (Wildman–Crippen LogP) is 2.07. The molecular weight excluding hydrogens is 466 g/mol. The molecule has 0 fully saturated rings. The maximum Gasteiger partial charge on any atom is 0.330 e. The molecule has 0 atom stereocenters. The largest absolute Gasteiger partial charge is 0.383 e. The van der Waals surface area contributed by atoms with Crippen LogP contribution in [0.1, 0.15) is 46.5 Å². The number of aromatic amines is 1. The maximum absolute atomic E-state index is 13.1. The third-order valence-corrected chi connectivity index (χ3v) is 8.32. The Bertz CT molecular complexity index is 1150. The number of rotatable bonds is 12. The summed E-state index contributed by atoms with van der Waals surface area (Å²) in [4.78, 5) is 41.6. The van der Waals surface area contributed by atoms with E-state index in [9.17, 15) is 22.8 Å². The lowest BCUT2D eigenvalue weighted by molar-refractivity contribution is -0.118. The lowest BCUT2D eigenvalue weighted by Gasteiger charge is -2.25. The number of unbranched alkanes of at least 4 members (excludes halogenated alkanes) is 1. The van der Waals surface area contributed by atoms with Gasteiger partial charge in [-0.2, -0.15) is 0 Å². The normalized spacial score (nSPS) is 11.9. The first kappa shape index (κ1) is 26.8. The summed E-state index contributed by atoms with van der Waals surface area (Å²) in [7, 11) is -2.13. The van der Waals surface area contributed by atoms with Gasteiger partial charge in [0.1, 0.15) is 10.0 Å². The van der Waals surface area contributed by atoms with E-state index in [0.29, 0.717) is 13.0 Å². The Morgan fingerprint density at radius 2 is 1.94 bits per heavy atom. The number of hydrogen-bond donors (Lipinski definition) is 2. The second-order valence-electron chi connectivity index (χ2n) is 8.26. The van der Waals surface area contributed by atoms with Gasteiger partial charge in [0.15, 0.2) is 5.69 Å². The van der Waals surface area contributed by atoms with E-state index >= 15 is 0 Å². The van der Waals surface area contributed by atoms with Crippen LogP contribution in [0.5, 0.6) is 0 Å². The van der Waals surface area contributed by atoms with Crippen LogP contribution in [0.15, 0.2) is 31.3 Å². The summed E-state index contributed by atoms with van der Waals surface area (Å²) in [6.07, 6.45) is 1.72. The molecular formula is C21H33N5O5S2. The number of nitrogens with two attached hydrogens (primary N) is 1. The van der Waals surface area contributed by atoms with Gasteiger partial charge < -0.3 is 10.6 Å². The van der Waals surface area contributed by atoms with E-state index in [1.54, 1.807) is 11.4 Å². The zero-order valence-electron chi connectivity index (χ0n) is 19.5. The lowest BCUT2D eigenvalue weighted by atomic mass is 10.2. The molecule has 1 amide bonds. The Balaban J connectivity index is 2.22. The molecule has 0 aliphatic carbocycles. The number of H-pyrrole nitrogens is 1. The van der Waals surface area contributed by atoms with E-state index in [2.05, 4.69) is 4.98 Å². The van der Waals surface area contributed by atoms with E-state index in [1.165, 1.54) is 26.9 Å². The number of carbonyl (C=O) groups is 1. The van der Waals surface area contributed by atoms with Crippen molar-refractivity contribution in [1.29, 1.82) is 0 Å². The number of amides is 1. The average molecular weight is 500 g/mol. The van der Waals surface area contributed by atoms with Gasteiger partial charge in [-0.15, -0.1) is 11.3 Å². The first-order valence-corrected chi connectivity index (χ1v) is 13.2. The summed E-state index contributed by atoms with van der Waals surface area (Å²) in [5.74, 6) is -0.291. The van der Waals surface area contributed by atoms with Crippen LogP contribution in [0.4, 0.5) is 11.5 Å². The van der Waals surface area contributed by atoms with Gasteiger partial charge in [0.25, 0.3) is 15.6 Å². The molecule has 0 radical (unpaired) electrons. The molecule has 10 nitrogen and oxygen atoms in total. The highest BCUT2D eigenvalue weighted by Gasteiger charge is 2.25. The molecule has 0 saturated carbocycles. The monoisotopic (exact) mass is 499 g/mol. The summed E-state index contributed by atoms with van der Waals surface area (Å²) in [6, 6.07) is 3.20. The van der Waals surface area contributed by atoms with E-state index in [1.807, 2.05) is 20.8 Å². The van der Waals surface area contributed by atoms with Crippen LogP contribution in [-0.4, -0.2) is 48.3 Å². The van der Waals surface area contributed by atoms with Crippen molar-refractivity contribution in [3.05, 3.63) is 38.4 Å². The van der Waals surface area contributed by atoms with Gasteiger partial charge in [-0.1, -0.05) is 33.3 Å². The third-order valence-electron chi connectivity index (χ3n) is 5.09. The molecule has 33 heavy (non-hydrogen) atoms. The molecule has 0 bridgehead atoms. The van der Waals surface area contributed by atoms with Crippen molar-refractivity contribution in [2.75, 3.05) is 30.8 Å². The standard InChI is InChI=1S/C21H33N5O5S2/c1-5-6-12-25(18-19(22)26(14-15(2)3)21(29)23-20(18)28)16(27)9-7-11-24(4)33(30,31)17-10-8-13-32-17/h8,10,13,15H,5-7,9,11-12,14,22H2,1-4H3,(H,23,28,29). The number of nitrogens with zero attached hydrogens (tertiary/aromatic N) is 3. The predicted molar refractivity (Wildman–Crippen MR) is 131 cm³/mol. The molecule has 12 heteroatoms. The first-order valence-electron chi connectivity index (χ1n) is 10.9. The number of nitrogens with one attached hydrogen (secondary N) is 1. The van der Waals surface area contributed by atoms with Crippen LogP contribution in [0.25, 0.3) is 0 Å². The Morgan fingerprint density at radius 1 is 1.24 bits per heavy atom. The molecule has 3 N–H and O–H groups in total. The van der Waals surface area contributed by atoms with Crippen molar-refractivity contribution >= 4 is 38.8 Å². The van der Waals surface area contributed by atoms with Gasteiger partial charge in [-0.25, -0.2) is 17.5 Å². The van der Waals surface area contributed by atoms with Crippen LogP contribution in [0, 0.1) is 5.92 Å². The number of sulfonamides is 1. The molecule has 0 aromatic carbocycles. The van der Waals surface area contributed by atoms with Crippen molar-refractivity contribution < 1.29 is 13.2 Å². The fourth-order valence-corrected chi connectivity index (χ4v) is 5.74. The molecule has 2 aromatic heterocycles. The third kappa shape index (κ3) is 6.55. The molecule has 184 valence electrons. The Labute approximate surface area is 198 Å². The fraction of sp³-hybridized carbons (Fsp3) is 0.571. The molecule has 0 aliphatic rings. The van der Waals surface area contributed by atoms with Gasteiger partial charge in [-0.05, 0) is 30.2 Å². The highest BCUT2D eigenvalue weighted by Crippen LogP contribution is 2.22. The summed E-state index contributed by atoms with van der Waals surface area (Å²) >= 11 is 1.13. The van der Waals surface area contributed by atoms with Gasteiger partial charge in [0, 0.05) is 33.1 Å². The van der Waals surface area contributed by atoms with Gasteiger partial charge in [0.2, 0.25) is 5.91 Å². The molecule has 2 heterocycles. The van der Waals surface area contributed by atoms with Crippen molar-refractivity contribution in [3.8, 4) is 0 Å². The first-order chi connectivity index (χ1) is 15.5. The second-order valence-corrected chi connectivity index (χ2v) is 11.5. The lowest BCUT2D eigenvalue weighted by Crippen LogP contribution is -2.42. The minimum atomic E-state index is -3.60. The summed E-state index contributed by atoms with van der Waals surface area (Å²) in [5, 5.41) is 1.69. The van der Waals surface area contributed by atoms with Gasteiger partial charge >= 0.3 is 5.69 Å². The van der Waals surface area contributed by atoms with E-state index in [-0.39, 0.29) is 53.5 Å². The van der Waals surface area contributed by atoms with E-state index in [0.717, 1.165) is 17.8 Å². The Morgan fingerprint density at radius 3 is 2.52 bits per heavy atom. The van der Waals surface area contributed by atoms with Crippen LogP contribution in [-0.2, 0) is 21.4 Å². The summed E-state index contributed by atoms with van der Waals surface area (Å²) in [5.41, 5.74) is 4.84. The molecule has 0 saturated heterocycles. The zero-order chi connectivity index (χ0) is 24.8. The SMILES string of the molecule is CCCCN(C(=O)CCCN(C)S(=O)(=O)c1cccs1)c1c(N)n(CC(C)C)c(=O)[nH]c1=O. The van der Waals surface area contributed by atoms with Crippen molar-refractivity contribution in [2.45, 2.75) is 57.2 Å². The van der Waals surface area contributed by atoms with Crippen molar-refractivity contribution in [3.63, 3.8) is 0 Å². The smallest absolute Gasteiger partial charge is 0.330 e. The molecule has 2 aromatic rings. The second kappa shape index (κ2) is 11.6. The topological polar surface area (TPSA) is 139 Å². The Hall–Kier alpha value is -2.44. The number of nitrogen functional groups attached to an aromatic ring is 1. The van der Waals surface area contributed by atoms with E-state index < -0.39 is 21.3 Å². The number of thiophene rings is 1. The summed E-state index contributed by atoms with van der Waals surface area (Å²) < 4.78 is 27.8. The number of anilines is 2. The van der Waals surface area contributed by atoms with Crippen molar-refractivity contribution in [1.82, 2.24) is 13.9 Å². The van der Waals surface area contributed by atoms with Crippen LogP contribution < -0.4 is 21.9 Å². The fourth-order valence-electron chi connectivity index (χ4n) is 3.33. The van der Waals surface area contributed by atoms with Crippen molar-refractivity contribution in [2.24, 2.45) is 5.92 Å². The van der Waals surface area contributed by atoms with E-state index in [4.69, 9.17) is 5.73 Å².